The van der Waals surface area contributed by atoms with Gasteiger partial charge in [-0.3, -0.25) is 0 Å². The summed E-state index contributed by atoms with van der Waals surface area (Å²) >= 11 is 2.34. The van der Waals surface area contributed by atoms with E-state index in [1.807, 2.05) is 12.3 Å². The van der Waals surface area contributed by atoms with Crippen molar-refractivity contribution in [2.24, 2.45) is 0 Å². The number of aromatic nitrogens is 1. The molecule has 2 fully saturated rings. The Kier molecular flexibility index (Phi) is 4.21. The van der Waals surface area contributed by atoms with Crippen molar-refractivity contribution < 1.29 is 9.84 Å². The van der Waals surface area contributed by atoms with Gasteiger partial charge in [-0.05, 0) is 35.1 Å². The number of hydrogen-bond donors (Lipinski definition) is 2. The average Bonchev–Trinajstić information content (AvgIpc) is 2.86. The van der Waals surface area contributed by atoms with Crippen molar-refractivity contribution >= 4 is 28.4 Å². The number of nitrogens with one attached hydrogen (secondary N) is 1. The van der Waals surface area contributed by atoms with Crippen molar-refractivity contribution in [1.82, 2.24) is 10.3 Å². The molecule has 6 heteroatoms. The summed E-state index contributed by atoms with van der Waals surface area (Å²) in [7, 11) is 0. The molecule has 2 atom stereocenters. The van der Waals surface area contributed by atoms with Gasteiger partial charge in [-0.15, -0.1) is 0 Å². The number of halogens is 1. The SMILES string of the molecule is OC1CCN(c2nccc(I)c2C2CNCCO2)C1. The standard InChI is InChI=1S/C13H18IN3O2/c14-10-1-3-16-13(17-5-2-9(18)8-17)12(10)11-7-15-4-6-19-11/h1,3,9,11,15,18H,2,4-8H2. The Morgan fingerprint density at radius 3 is 3.11 bits per heavy atom. The largest absolute Gasteiger partial charge is 0.391 e. The zero-order valence-corrected chi connectivity index (χ0v) is 12.8. The fourth-order valence-electron chi connectivity index (χ4n) is 2.67. The van der Waals surface area contributed by atoms with E-state index in [4.69, 9.17) is 4.74 Å². The van der Waals surface area contributed by atoms with Crippen molar-refractivity contribution in [3.8, 4) is 0 Å². The van der Waals surface area contributed by atoms with Crippen LogP contribution < -0.4 is 10.2 Å². The van der Waals surface area contributed by atoms with Gasteiger partial charge in [-0.2, -0.15) is 0 Å². The first-order chi connectivity index (χ1) is 9.25. The van der Waals surface area contributed by atoms with Gasteiger partial charge < -0.3 is 20.1 Å². The molecule has 2 aliphatic heterocycles. The van der Waals surface area contributed by atoms with Crippen molar-refractivity contribution in [2.45, 2.75) is 18.6 Å². The smallest absolute Gasteiger partial charge is 0.135 e. The van der Waals surface area contributed by atoms with Crippen LogP contribution in [0.4, 0.5) is 5.82 Å². The van der Waals surface area contributed by atoms with Gasteiger partial charge in [0.1, 0.15) is 5.82 Å². The molecule has 0 bridgehead atoms. The summed E-state index contributed by atoms with van der Waals surface area (Å²) in [6.45, 7) is 4.00. The lowest BCUT2D eigenvalue weighted by atomic mass is 10.1. The monoisotopic (exact) mass is 375 g/mol. The van der Waals surface area contributed by atoms with Crippen LogP contribution in [0.2, 0.25) is 0 Å². The number of aliphatic hydroxyl groups is 1. The Morgan fingerprint density at radius 1 is 1.53 bits per heavy atom. The summed E-state index contributed by atoms with van der Waals surface area (Å²) in [4.78, 5) is 6.70. The maximum absolute atomic E-state index is 9.72. The zero-order valence-electron chi connectivity index (χ0n) is 10.7. The molecule has 3 heterocycles. The second-order valence-electron chi connectivity index (χ2n) is 4.98. The molecule has 104 valence electrons. The predicted molar refractivity (Wildman–Crippen MR) is 81.4 cm³/mol. The highest BCUT2D eigenvalue weighted by Gasteiger charge is 2.28. The minimum atomic E-state index is -0.238. The lowest BCUT2D eigenvalue weighted by Crippen LogP contribution is -2.35. The predicted octanol–water partition coefficient (Wildman–Crippen LogP) is 0.918. The summed E-state index contributed by atoms with van der Waals surface area (Å²) in [6.07, 6.45) is 2.47. The molecule has 2 aliphatic rings. The summed E-state index contributed by atoms with van der Waals surface area (Å²) in [6, 6.07) is 2.02. The fraction of sp³-hybridized carbons (Fsp3) is 0.615. The maximum Gasteiger partial charge on any atom is 0.135 e. The third kappa shape index (κ3) is 2.86. The summed E-state index contributed by atoms with van der Waals surface area (Å²) in [5, 5.41) is 13.1. The molecule has 1 aromatic rings. The van der Waals surface area contributed by atoms with E-state index >= 15 is 0 Å². The van der Waals surface area contributed by atoms with Gasteiger partial charge in [-0.25, -0.2) is 4.98 Å². The van der Waals surface area contributed by atoms with Crippen LogP contribution in [0.5, 0.6) is 0 Å². The van der Waals surface area contributed by atoms with E-state index in [9.17, 15) is 5.11 Å². The molecule has 19 heavy (non-hydrogen) atoms. The van der Waals surface area contributed by atoms with Crippen LogP contribution in [0.1, 0.15) is 18.1 Å². The second kappa shape index (κ2) is 5.90. The van der Waals surface area contributed by atoms with E-state index in [0.29, 0.717) is 6.54 Å². The van der Waals surface area contributed by atoms with Gasteiger partial charge in [-0.1, -0.05) is 0 Å². The molecular formula is C13H18IN3O2. The molecule has 5 nitrogen and oxygen atoms in total. The second-order valence-corrected chi connectivity index (χ2v) is 6.14. The molecule has 1 aromatic heterocycles. The maximum atomic E-state index is 9.72. The van der Waals surface area contributed by atoms with Crippen molar-refractivity contribution in [3.63, 3.8) is 0 Å². The van der Waals surface area contributed by atoms with Crippen LogP contribution in [0, 0.1) is 3.57 Å². The number of hydrogen-bond acceptors (Lipinski definition) is 5. The molecule has 0 aromatic carbocycles. The van der Waals surface area contributed by atoms with E-state index in [2.05, 4.69) is 37.8 Å². The van der Waals surface area contributed by atoms with Crippen LogP contribution in [-0.2, 0) is 4.74 Å². The van der Waals surface area contributed by atoms with Gasteiger partial charge in [0.25, 0.3) is 0 Å². The minimum absolute atomic E-state index is 0.0575. The number of nitrogens with zero attached hydrogens (tertiary/aromatic N) is 2. The molecule has 2 saturated heterocycles. The molecule has 0 spiro atoms. The fourth-order valence-corrected chi connectivity index (χ4v) is 3.42. The van der Waals surface area contributed by atoms with E-state index in [1.54, 1.807) is 0 Å². The third-order valence-electron chi connectivity index (χ3n) is 3.63. The molecule has 3 rings (SSSR count). The zero-order chi connectivity index (χ0) is 13.2. The van der Waals surface area contributed by atoms with Gasteiger partial charge in [0, 0.05) is 41.5 Å². The van der Waals surface area contributed by atoms with Crippen molar-refractivity contribution in [1.29, 1.82) is 0 Å². The first-order valence-electron chi connectivity index (χ1n) is 6.65. The van der Waals surface area contributed by atoms with Gasteiger partial charge in [0.2, 0.25) is 0 Å². The normalized spacial score (nSPS) is 27.8. The average molecular weight is 375 g/mol. The Balaban J connectivity index is 1.92. The van der Waals surface area contributed by atoms with E-state index in [1.165, 1.54) is 3.57 Å². The number of aliphatic hydroxyl groups excluding tert-OH is 1. The van der Waals surface area contributed by atoms with Crippen LogP contribution in [0.25, 0.3) is 0 Å². The van der Waals surface area contributed by atoms with Crippen LogP contribution in [0.3, 0.4) is 0 Å². The third-order valence-corrected chi connectivity index (χ3v) is 4.57. The number of ether oxygens (including phenoxy) is 1. The van der Waals surface area contributed by atoms with Gasteiger partial charge >= 0.3 is 0 Å². The van der Waals surface area contributed by atoms with Gasteiger partial charge in [0.05, 0.1) is 18.8 Å². The van der Waals surface area contributed by atoms with Crippen molar-refractivity contribution in [2.75, 3.05) is 37.7 Å². The summed E-state index contributed by atoms with van der Waals surface area (Å²) in [5.41, 5.74) is 1.16. The Morgan fingerprint density at radius 2 is 2.42 bits per heavy atom. The quantitative estimate of drug-likeness (QED) is 0.753. The highest BCUT2D eigenvalue weighted by Crippen LogP contribution is 2.33. The van der Waals surface area contributed by atoms with Crippen LogP contribution >= 0.6 is 22.6 Å². The van der Waals surface area contributed by atoms with Gasteiger partial charge in [0.15, 0.2) is 0 Å². The molecule has 2 N–H and O–H groups in total. The Bertz CT molecular complexity index is 452. The van der Waals surface area contributed by atoms with E-state index in [0.717, 1.165) is 44.0 Å². The molecule has 0 amide bonds. The van der Waals surface area contributed by atoms with E-state index < -0.39 is 0 Å². The highest BCUT2D eigenvalue weighted by atomic mass is 127. The summed E-state index contributed by atoms with van der Waals surface area (Å²) < 4.78 is 7.05. The molecular weight excluding hydrogens is 357 g/mol. The van der Waals surface area contributed by atoms with E-state index in [-0.39, 0.29) is 12.2 Å². The lowest BCUT2D eigenvalue weighted by Gasteiger charge is -2.29. The first kappa shape index (κ1) is 13.5. The molecule has 2 unspecified atom stereocenters. The number of pyridine rings is 1. The number of anilines is 1. The topological polar surface area (TPSA) is 57.6 Å². The first-order valence-corrected chi connectivity index (χ1v) is 7.73. The number of rotatable bonds is 2. The summed E-state index contributed by atoms with van der Waals surface area (Å²) in [5.74, 6) is 0.970. The molecule has 0 aliphatic carbocycles. The Hall–Kier alpha value is -0.440. The lowest BCUT2D eigenvalue weighted by molar-refractivity contribution is 0.0273. The van der Waals surface area contributed by atoms with Crippen LogP contribution in [-0.4, -0.2) is 49.0 Å². The molecule has 0 saturated carbocycles. The highest BCUT2D eigenvalue weighted by molar-refractivity contribution is 14.1. The van der Waals surface area contributed by atoms with Crippen molar-refractivity contribution in [3.05, 3.63) is 21.4 Å². The van der Waals surface area contributed by atoms with Crippen LogP contribution in [0.15, 0.2) is 12.3 Å². The minimum Gasteiger partial charge on any atom is -0.391 e. The number of morpholine rings is 1. The number of β-amino-alcohol motifs (C(OH)–C–C–N with tert-alkyl or cyclic N) is 1. The Labute approximate surface area is 126 Å². The molecule has 0 radical (unpaired) electrons.